The number of allylic oxidation sites excluding steroid dienone is 1. The van der Waals surface area contributed by atoms with E-state index in [2.05, 4.69) is 37.8 Å². The van der Waals surface area contributed by atoms with E-state index in [1.54, 1.807) is 0 Å². The minimum atomic E-state index is 0. The molecule has 0 fully saturated rings. The highest BCUT2D eigenvalue weighted by atomic mass is 35.5. The Hall–Kier alpha value is -0.0100. The van der Waals surface area contributed by atoms with Gasteiger partial charge in [0.25, 0.3) is 0 Å². The maximum atomic E-state index is 2.46. The van der Waals surface area contributed by atoms with Crippen LogP contribution in [0.25, 0.3) is 0 Å². The van der Waals surface area contributed by atoms with Crippen LogP contribution in [0, 0.1) is 0 Å². The molecule has 0 unspecified atom stereocenters. The summed E-state index contributed by atoms with van der Waals surface area (Å²) in [6.07, 6.45) is 26.3. The standard InChI is InChI=1S/C23H47N.ClH/c1-4-7-8-9-10-11-12-13-14-15-16-17-18-19-20-21-22-23-24(5-2)6-3;/h21-22H,4-20,23H2,1-3H3;1H. The maximum Gasteiger partial charge on any atom is 0.0162 e. The summed E-state index contributed by atoms with van der Waals surface area (Å²) in [6, 6.07) is 0. The minimum Gasteiger partial charge on any atom is -0.300 e. The van der Waals surface area contributed by atoms with Gasteiger partial charge in [-0.25, -0.2) is 0 Å². The monoisotopic (exact) mass is 373 g/mol. The number of likely N-dealkylation sites (N-methyl/N-ethyl adjacent to an activating group) is 1. The second-order valence-electron chi connectivity index (χ2n) is 7.34. The van der Waals surface area contributed by atoms with Gasteiger partial charge in [0, 0.05) is 6.54 Å². The van der Waals surface area contributed by atoms with Gasteiger partial charge in [0.2, 0.25) is 0 Å². The molecule has 0 aromatic rings. The highest BCUT2D eigenvalue weighted by molar-refractivity contribution is 5.85. The van der Waals surface area contributed by atoms with E-state index >= 15 is 0 Å². The fourth-order valence-corrected chi connectivity index (χ4v) is 3.28. The van der Waals surface area contributed by atoms with Crippen molar-refractivity contribution in [3.05, 3.63) is 12.2 Å². The van der Waals surface area contributed by atoms with E-state index < -0.39 is 0 Å². The Morgan fingerprint density at radius 2 is 0.920 bits per heavy atom. The first kappa shape index (κ1) is 27.2. The summed E-state index contributed by atoms with van der Waals surface area (Å²) < 4.78 is 0. The molecule has 0 aromatic carbocycles. The van der Waals surface area contributed by atoms with Crippen molar-refractivity contribution in [1.29, 1.82) is 0 Å². The van der Waals surface area contributed by atoms with Crippen molar-refractivity contribution < 1.29 is 0 Å². The summed E-state index contributed by atoms with van der Waals surface area (Å²) in [5.41, 5.74) is 0. The molecule has 0 aliphatic rings. The average Bonchev–Trinajstić information content (AvgIpc) is 2.61. The van der Waals surface area contributed by atoms with Gasteiger partial charge in [-0.15, -0.1) is 12.4 Å². The zero-order valence-corrected chi connectivity index (χ0v) is 18.6. The number of hydrogen-bond acceptors (Lipinski definition) is 1. The molecule has 0 atom stereocenters. The van der Waals surface area contributed by atoms with Crippen LogP contribution in [0.5, 0.6) is 0 Å². The van der Waals surface area contributed by atoms with Gasteiger partial charge in [0.1, 0.15) is 0 Å². The fraction of sp³-hybridized carbons (Fsp3) is 0.913. The zero-order chi connectivity index (χ0) is 17.7. The van der Waals surface area contributed by atoms with Crippen LogP contribution < -0.4 is 0 Å². The smallest absolute Gasteiger partial charge is 0.0162 e. The van der Waals surface area contributed by atoms with Crippen LogP contribution in [0.3, 0.4) is 0 Å². The van der Waals surface area contributed by atoms with Crippen molar-refractivity contribution in [2.75, 3.05) is 19.6 Å². The molecule has 0 rings (SSSR count). The summed E-state index contributed by atoms with van der Waals surface area (Å²) in [6.45, 7) is 10.2. The van der Waals surface area contributed by atoms with Gasteiger partial charge in [-0.1, -0.05) is 116 Å². The van der Waals surface area contributed by atoms with Crippen LogP contribution in [0.4, 0.5) is 0 Å². The molecule has 0 heterocycles. The normalized spacial score (nSPS) is 11.4. The zero-order valence-electron chi connectivity index (χ0n) is 17.7. The lowest BCUT2D eigenvalue weighted by Crippen LogP contribution is -2.22. The first-order valence-electron chi connectivity index (χ1n) is 11.2. The molecule has 0 aliphatic carbocycles. The predicted octanol–water partition coefficient (Wildman–Crippen LogP) is 8.18. The Morgan fingerprint density at radius 1 is 0.520 bits per heavy atom. The molecule has 0 spiro atoms. The summed E-state index contributed by atoms with van der Waals surface area (Å²) in [7, 11) is 0. The van der Waals surface area contributed by atoms with Crippen molar-refractivity contribution in [2.45, 2.75) is 117 Å². The first-order chi connectivity index (χ1) is 11.8. The average molecular weight is 374 g/mol. The number of nitrogens with zero attached hydrogens (tertiary/aromatic N) is 1. The lowest BCUT2D eigenvalue weighted by molar-refractivity contribution is 0.337. The van der Waals surface area contributed by atoms with Crippen molar-refractivity contribution in [2.24, 2.45) is 0 Å². The molecule has 0 saturated heterocycles. The number of hydrogen-bond donors (Lipinski definition) is 0. The third-order valence-corrected chi connectivity index (χ3v) is 5.15. The van der Waals surface area contributed by atoms with Crippen LogP contribution in [0.15, 0.2) is 12.2 Å². The predicted molar refractivity (Wildman–Crippen MR) is 119 cm³/mol. The third-order valence-electron chi connectivity index (χ3n) is 5.15. The highest BCUT2D eigenvalue weighted by Gasteiger charge is 1.95. The van der Waals surface area contributed by atoms with E-state index in [0.717, 1.165) is 6.54 Å². The molecule has 0 aromatic heterocycles. The van der Waals surface area contributed by atoms with Crippen LogP contribution in [0.2, 0.25) is 0 Å². The van der Waals surface area contributed by atoms with Crippen LogP contribution in [0.1, 0.15) is 117 Å². The van der Waals surface area contributed by atoms with Gasteiger partial charge in [-0.2, -0.15) is 0 Å². The third kappa shape index (κ3) is 21.9. The second-order valence-corrected chi connectivity index (χ2v) is 7.34. The summed E-state index contributed by atoms with van der Waals surface area (Å²) in [4.78, 5) is 2.46. The lowest BCUT2D eigenvalue weighted by atomic mass is 10.0. The molecule has 25 heavy (non-hydrogen) atoms. The topological polar surface area (TPSA) is 3.24 Å². The van der Waals surface area contributed by atoms with E-state index in [4.69, 9.17) is 0 Å². The molecule has 152 valence electrons. The highest BCUT2D eigenvalue weighted by Crippen LogP contribution is 2.13. The van der Waals surface area contributed by atoms with E-state index in [1.165, 1.54) is 109 Å². The molecule has 0 aliphatic heterocycles. The Labute approximate surface area is 166 Å². The molecular weight excluding hydrogens is 326 g/mol. The van der Waals surface area contributed by atoms with Gasteiger partial charge < -0.3 is 4.90 Å². The van der Waals surface area contributed by atoms with Crippen molar-refractivity contribution in [3.63, 3.8) is 0 Å². The summed E-state index contributed by atoms with van der Waals surface area (Å²) in [5.74, 6) is 0. The van der Waals surface area contributed by atoms with Crippen LogP contribution in [-0.4, -0.2) is 24.5 Å². The largest absolute Gasteiger partial charge is 0.300 e. The Kier molecular flexibility index (Phi) is 26.1. The Morgan fingerprint density at radius 3 is 1.32 bits per heavy atom. The van der Waals surface area contributed by atoms with E-state index in [1.807, 2.05) is 0 Å². The summed E-state index contributed by atoms with van der Waals surface area (Å²) in [5, 5.41) is 0. The molecule has 1 nitrogen and oxygen atoms in total. The fourth-order valence-electron chi connectivity index (χ4n) is 3.28. The molecule has 0 saturated carbocycles. The van der Waals surface area contributed by atoms with Crippen LogP contribution in [-0.2, 0) is 0 Å². The summed E-state index contributed by atoms with van der Waals surface area (Å²) >= 11 is 0. The molecule has 0 N–H and O–H groups in total. The maximum absolute atomic E-state index is 2.46. The van der Waals surface area contributed by atoms with Gasteiger partial charge in [0.05, 0.1) is 0 Å². The first-order valence-corrected chi connectivity index (χ1v) is 11.2. The van der Waals surface area contributed by atoms with Gasteiger partial charge >= 0.3 is 0 Å². The van der Waals surface area contributed by atoms with E-state index in [9.17, 15) is 0 Å². The minimum absolute atomic E-state index is 0. The number of rotatable bonds is 19. The number of halogens is 1. The van der Waals surface area contributed by atoms with Crippen LogP contribution >= 0.6 is 12.4 Å². The van der Waals surface area contributed by atoms with Gasteiger partial charge in [0.15, 0.2) is 0 Å². The molecule has 0 bridgehead atoms. The quantitative estimate of drug-likeness (QED) is 0.163. The Bertz CT molecular complexity index is 248. The van der Waals surface area contributed by atoms with Crippen molar-refractivity contribution in [3.8, 4) is 0 Å². The SMILES string of the molecule is CCCCCCCCCCCCCCCCC=CCN(CC)CC.Cl. The van der Waals surface area contributed by atoms with Gasteiger partial charge in [-0.05, 0) is 25.9 Å². The van der Waals surface area contributed by atoms with E-state index in [-0.39, 0.29) is 12.4 Å². The van der Waals surface area contributed by atoms with Gasteiger partial charge in [-0.3, -0.25) is 0 Å². The lowest BCUT2D eigenvalue weighted by Gasteiger charge is -2.14. The second kappa shape index (κ2) is 24.0. The molecule has 0 amide bonds. The van der Waals surface area contributed by atoms with E-state index in [0.29, 0.717) is 0 Å². The van der Waals surface area contributed by atoms with Crippen molar-refractivity contribution in [1.82, 2.24) is 4.90 Å². The number of unbranched alkanes of at least 4 members (excludes halogenated alkanes) is 14. The molecule has 0 radical (unpaired) electrons. The molecular formula is C23H48ClN. The molecule has 2 heteroatoms. The van der Waals surface area contributed by atoms with Crippen molar-refractivity contribution >= 4 is 12.4 Å². The Balaban J connectivity index is 0.